The van der Waals surface area contributed by atoms with E-state index >= 15 is 0 Å². The van der Waals surface area contributed by atoms with Gasteiger partial charge >= 0.3 is 0 Å². The number of nitrogens with one attached hydrogen (secondary N) is 2. The maximum Gasteiger partial charge on any atom is 0.0292 e. The van der Waals surface area contributed by atoms with Crippen LogP contribution < -0.4 is 5.32 Å². The largest absolute Gasteiger partial charge is 0.365 e. The molecule has 1 aromatic heterocycles. The summed E-state index contributed by atoms with van der Waals surface area (Å²) in [5.41, 5.74) is 1.64. The summed E-state index contributed by atoms with van der Waals surface area (Å²) in [6.45, 7) is 5.58. The van der Waals surface area contributed by atoms with Crippen molar-refractivity contribution in [1.82, 2.24) is 10.3 Å². The monoisotopic (exact) mass is 150 g/mol. The molecule has 1 unspecified atom stereocenters. The number of rotatable bonds is 1. The molecule has 0 spiro atoms. The lowest BCUT2D eigenvalue weighted by Gasteiger charge is -2.45. The molecule has 1 aliphatic rings. The molecular formula is C9H14N2. The molecule has 1 aromatic rings. The van der Waals surface area contributed by atoms with Crippen molar-refractivity contribution in [3.63, 3.8) is 0 Å². The molecule has 2 nitrogen and oxygen atoms in total. The van der Waals surface area contributed by atoms with Gasteiger partial charge in [-0.1, -0.05) is 0 Å². The molecule has 2 rings (SSSR count). The van der Waals surface area contributed by atoms with Gasteiger partial charge < -0.3 is 10.3 Å². The minimum absolute atomic E-state index is 0.283. The summed E-state index contributed by atoms with van der Waals surface area (Å²) in [7, 11) is 0. The van der Waals surface area contributed by atoms with E-state index in [4.69, 9.17) is 0 Å². The highest BCUT2D eigenvalue weighted by Gasteiger charge is 2.39. The van der Waals surface area contributed by atoms with E-state index in [1.165, 1.54) is 5.69 Å². The lowest BCUT2D eigenvalue weighted by atomic mass is 9.78. The molecule has 0 bridgehead atoms. The third-order valence-electron chi connectivity index (χ3n) is 2.63. The van der Waals surface area contributed by atoms with E-state index in [0.717, 1.165) is 6.54 Å². The molecule has 2 heteroatoms. The quantitative estimate of drug-likeness (QED) is 0.623. The van der Waals surface area contributed by atoms with Crippen LogP contribution in [0, 0.1) is 0 Å². The Balaban J connectivity index is 2.20. The number of H-pyrrole nitrogens is 1. The van der Waals surface area contributed by atoms with Crippen LogP contribution in [0.2, 0.25) is 0 Å². The Morgan fingerprint density at radius 1 is 1.55 bits per heavy atom. The second-order valence-electron chi connectivity index (χ2n) is 3.78. The third-order valence-corrected chi connectivity index (χ3v) is 2.63. The van der Waals surface area contributed by atoms with E-state index < -0.39 is 0 Å². The van der Waals surface area contributed by atoms with Crippen LogP contribution in [0.1, 0.15) is 25.5 Å². The van der Waals surface area contributed by atoms with Crippen LogP contribution in [0.4, 0.5) is 0 Å². The maximum atomic E-state index is 3.40. The number of hydrogen-bond acceptors (Lipinski definition) is 1. The number of hydrogen-bond donors (Lipinski definition) is 2. The van der Waals surface area contributed by atoms with Gasteiger partial charge in [0.2, 0.25) is 0 Å². The molecule has 60 valence electrons. The van der Waals surface area contributed by atoms with Crippen molar-refractivity contribution in [2.24, 2.45) is 0 Å². The molecule has 0 aromatic carbocycles. The van der Waals surface area contributed by atoms with Crippen molar-refractivity contribution < 1.29 is 0 Å². The van der Waals surface area contributed by atoms with Crippen molar-refractivity contribution in [1.29, 1.82) is 0 Å². The zero-order valence-electron chi connectivity index (χ0n) is 7.02. The first-order valence-electron chi connectivity index (χ1n) is 4.08. The highest BCUT2D eigenvalue weighted by Crippen LogP contribution is 2.33. The molecule has 0 radical (unpaired) electrons. The van der Waals surface area contributed by atoms with Crippen molar-refractivity contribution >= 4 is 0 Å². The van der Waals surface area contributed by atoms with Gasteiger partial charge in [-0.25, -0.2) is 0 Å². The summed E-state index contributed by atoms with van der Waals surface area (Å²) in [5.74, 6) is 0.664. The molecule has 0 aliphatic carbocycles. The lowest BCUT2D eigenvalue weighted by molar-refractivity contribution is 0.205. The summed E-state index contributed by atoms with van der Waals surface area (Å²) in [4.78, 5) is 3.25. The van der Waals surface area contributed by atoms with Gasteiger partial charge in [0.05, 0.1) is 0 Å². The number of aromatic nitrogens is 1. The van der Waals surface area contributed by atoms with E-state index in [1.807, 2.05) is 6.20 Å². The highest BCUT2D eigenvalue weighted by molar-refractivity contribution is 5.20. The smallest absolute Gasteiger partial charge is 0.0292 e. The summed E-state index contributed by atoms with van der Waals surface area (Å²) < 4.78 is 0. The molecule has 1 saturated heterocycles. The zero-order chi connectivity index (χ0) is 7.90. The Bertz CT molecular complexity index is 236. The second kappa shape index (κ2) is 2.11. The van der Waals surface area contributed by atoms with Gasteiger partial charge in [0.1, 0.15) is 0 Å². The van der Waals surface area contributed by atoms with Crippen LogP contribution in [0.25, 0.3) is 0 Å². The number of aromatic amines is 1. The summed E-state index contributed by atoms with van der Waals surface area (Å²) in [5, 5.41) is 3.40. The van der Waals surface area contributed by atoms with Gasteiger partial charge in [-0.2, -0.15) is 0 Å². The molecule has 2 heterocycles. The fourth-order valence-corrected chi connectivity index (χ4v) is 1.67. The topological polar surface area (TPSA) is 27.8 Å². The van der Waals surface area contributed by atoms with E-state index in [1.54, 1.807) is 0 Å². The van der Waals surface area contributed by atoms with Crippen molar-refractivity contribution in [2.75, 3.05) is 6.54 Å². The molecule has 1 aliphatic heterocycles. The summed E-state index contributed by atoms with van der Waals surface area (Å²) >= 11 is 0. The Morgan fingerprint density at radius 2 is 2.36 bits per heavy atom. The molecule has 1 atom stereocenters. The van der Waals surface area contributed by atoms with Crippen LogP contribution in [0.15, 0.2) is 18.3 Å². The normalized spacial score (nSPS) is 28.0. The standard InChI is InChI=1S/C9H14N2/c1-9(2)7(6-11-9)8-4-3-5-10-8/h3-5,7,10-11H,6H2,1-2H3. The first-order valence-corrected chi connectivity index (χ1v) is 4.08. The SMILES string of the molecule is CC1(C)NCC1c1ccc[nH]1. The van der Waals surface area contributed by atoms with Crippen LogP contribution in [-0.4, -0.2) is 17.1 Å². The minimum Gasteiger partial charge on any atom is -0.365 e. The van der Waals surface area contributed by atoms with Gasteiger partial charge in [0, 0.05) is 29.9 Å². The molecule has 0 amide bonds. The van der Waals surface area contributed by atoms with Crippen LogP contribution >= 0.6 is 0 Å². The van der Waals surface area contributed by atoms with Crippen LogP contribution in [-0.2, 0) is 0 Å². The highest BCUT2D eigenvalue weighted by atomic mass is 15.1. The first-order chi connectivity index (χ1) is 5.20. The fourth-order valence-electron chi connectivity index (χ4n) is 1.67. The summed E-state index contributed by atoms with van der Waals surface area (Å²) in [6, 6.07) is 4.22. The van der Waals surface area contributed by atoms with E-state index in [-0.39, 0.29) is 5.54 Å². The predicted octanol–water partition coefficient (Wildman–Crippen LogP) is 1.48. The van der Waals surface area contributed by atoms with Gasteiger partial charge in [-0.15, -0.1) is 0 Å². The zero-order valence-corrected chi connectivity index (χ0v) is 7.02. The van der Waals surface area contributed by atoms with Crippen molar-refractivity contribution in [2.45, 2.75) is 25.3 Å². The molecule has 1 fully saturated rings. The predicted molar refractivity (Wildman–Crippen MR) is 45.6 cm³/mol. The van der Waals surface area contributed by atoms with Crippen LogP contribution in [0.3, 0.4) is 0 Å². The third kappa shape index (κ3) is 0.979. The fraction of sp³-hybridized carbons (Fsp3) is 0.556. The van der Waals surface area contributed by atoms with Gasteiger partial charge in [-0.05, 0) is 26.0 Å². The van der Waals surface area contributed by atoms with Gasteiger partial charge in [0.25, 0.3) is 0 Å². The Labute approximate surface area is 67.0 Å². The first kappa shape index (κ1) is 6.92. The van der Waals surface area contributed by atoms with E-state index in [9.17, 15) is 0 Å². The molecule has 2 N–H and O–H groups in total. The Kier molecular flexibility index (Phi) is 1.33. The lowest BCUT2D eigenvalue weighted by Crippen LogP contribution is -2.59. The Hall–Kier alpha value is -0.760. The van der Waals surface area contributed by atoms with Crippen molar-refractivity contribution in [3.05, 3.63) is 24.0 Å². The molecule has 11 heavy (non-hydrogen) atoms. The minimum atomic E-state index is 0.283. The van der Waals surface area contributed by atoms with Crippen LogP contribution in [0.5, 0.6) is 0 Å². The average molecular weight is 150 g/mol. The Morgan fingerprint density at radius 3 is 2.73 bits per heavy atom. The molecule has 0 saturated carbocycles. The van der Waals surface area contributed by atoms with Gasteiger partial charge in [0.15, 0.2) is 0 Å². The summed E-state index contributed by atoms with van der Waals surface area (Å²) in [6.07, 6.45) is 1.99. The van der Waals surface area contributed by atoms with E-state index in [2.05, 4.69) is 36.3 Å². The molecular weight excluding hydrogens is 136 g/mol. The second-order valence-corrected chi connectivity index (χ2v) is 3.78. The average Bonchev–Trinajstić information content (AvgIpc) is 2.38. The van der Waals surface area contributed by atoms with E-state index in [0.29, 0.717) is 5.92 Å². The van der Waals surface area contributed by atoms with Crippen molar-refractivity contribution in [3.8, 4) is 0 Å². The van der Waals surface area contributed by atoms with Gasteiger partial charge in [-0.3, -0.25) is 0 Å². The maximum absolute atomic E-state index is 3.40.